The number of fused-ring (bicyclic) bond motifs is 1. The van der Waals surface area contributed by atoms with Crippen molar-refractivity contribution >= 4 is 23.5 Å². The molecule has 4 rings (SSSR count). The average Bonchev–Trinajstić information content (AvgIpc) is 3.32. The highest BCUT2D eigenvalue weighted by Gasteiger charge is 2.38. The van der Waals surface area contributed by atoms with Crippen LogP contribution in [-0.2, 0) is 16.1 Å². The highest BCUT2D eigenvalue weighted by Crippen LogP contribution is 2.33. The summed E-state index contributed by atoms with van der Waals surface area (Å²) >= 11 is 0. The van der Waals surface area contributed by atoms with Crippen molar-refractivity contribution < 1.29 is 28.6 Å². The van der Waals surface area contributed by atoms with Crippen LogP contribution in [0.1, 0.15) is 18.4 Å². The third-order valence-electron chi connectivity index (χ3n) is 4.92. The molecule has 1 atom stereocenters. The van der Waals surface area contributed by atoms with Crippen LogP contribution >= 0.6 is 0 Å². The molecule has 2 heterocycles. The molecule has 0 saturated carbocycles. The first-order valence-electron chi connectivity index (χ1n) is 9.48. The summed E-state index contributed by atoms with van der Waals surface area (Å²) in [6, 6.07) is 11.0. The van der Waals surface area contributed by atoms with Gasteiger partial charge in [-0.3, -0.25) is 14.5 Å². The molecule has 0 spiro atoms. The number of imide groups is 1. The number of carbonyl (C=O) groups is 3. The minimum Gasteiger partial charge on any atom is -0.497 e. The van der Waals surface area contributed by atoms with Gasteiger partial charge in [-0.2, -0.15) is 0 Å². The fraction of sp³-hybridized carbons (Fsp3) is 0.286. The summed E-state index contributed by atoms with van der Waals surface area (Å²) in [6.45, 7) is 0.276. The Morgan fingerprint density at radius 3 is 2.70 bits per heavy atom. The van der Waals surface area contributed by atoms with Gasteiger partial charge in [0, 0.05) is 12.1 Å². The second-order valence-electron chi connectivity index (χ2n) is 6.93. The summed E-state index contributed by atoms with van der Waals surface area (Å²) in [5.74, 6) is 1.32. The van der Waals surface area contributed by atoms with Crippen LogP contribution in [0.4, 0.5) is 10.5 Å². The molecule has 1 fully saturated rings. The van der Waals surface area contributed by atoms with Crippen molar-refractivity contribution in [2.75, 3.05) is 19.2 Å². The standard InChI is InChI=1S/C21H21N3O6/c1-28-15-5-3-14(4-6-15)22-19(25)9-7-16-20(26)24(21(27)23-16)11-13-2-8-17-18(10-13)30-12-29-17/h2-6,8,10,16H,7,9,11-12H2,1H3,(H,22,25)(H,23,27)/t16-/m1/s1. The lowest BCUT2D eigenvalue weighted by Gasteiger charge is -2.13. The minimum atomic E-state index is -0.729. The molecule has 2 aromatic rings. The van der Waals surface area contributed by atoms with Gasteiger partial charge in [0.15, 0.2) is 11.5 Å². The minimum absolute atomic E-state index is 0.0978. The van der Waals surface area contributed by atoms with Crippen LogP contribution in [0.3, 0.4) is 0 Å². The van der Waals surface area contributed by atoms with E-state index >= 15 is 0 Å². The van der Waals surface area contributed by atoms with Gasteiger partial charge in [-0.25, -0.2) is 4.79 Å². The van der Waals surface area contributed by atoms with E-state index in [9.17, 15) is 14.4 Å². The van der Waals surface area contributed by atoms with E-state index in [0.29, 0.717) is 22.9 Å². The summed E-state index contributed by atoms with van der Waals surface area (Å²) < 4.78 is 15.7. The lowest BCUT2D eigenvalue weighted by Crippen LogP contribution is -2.31. The smallest absolute Gasteiger partial charge is 0.325 e. The van der Waals surface area contributed by atoms with E-state index in [2.05, 4.69) is 10.6 Å². The first kappa shape index (κ1) is 19.6. The zero-order valence-electron chi connectivity index (χ0n) is 16.3. The first-order valence-corrected chi connectivity index (χ1v) is 9.48. The molecule has 30 heavy (non-hydrogen) atoms. The van der Waals surface area contributed by atoms with Gasteiger partial charge in [0.05, 0.1) is 13.7 Å². The molecule has 2 N–H and O–H groups in total. The van der Waals surface area contributed by atoms with Crippen molar-refractivity contribution in [2.24, 2.45) is 0 Å². The first-order chi connectivity index (χ1) is 14.5. The number of carbonyl (C=O) groups excluding carboxylic acids is 3. The average molecular weight is 411 g/mol. The Morgan fingerprint density at radius 2 is 1.93 bits per heavy atom. The normalized spacial score (nSPS) is 17.1. The third-order valence-corrected chi connectivity index (χ3v) is 4.92. The third kappa shape index (κ3) is 4.14. The Morgan fingerprint density at radius 1 is 1.17 bits per heavy atom. The molecule has 0 bridgehead atoms. The van der Waals surface area contributed by atoms with Gasteiger partial charge in [-0.05, 0) is 48.4 Å². The Bertz CT molecular complexity index is 975. The van der Waals surface area contributed by atoms with Crippen LogP contribution in [0.2, 0.25) is 0 Å². The second kappa shape index (κ2) is 8.32. The van der Waals surface area contributed by atoms with Gasteiger partial charge in [-0.1, -0.05) is 6.07 Å². The summed E-state index contributed by atoms with van der Waals surface area (Å²) in [6.07, 6.45) is 0.310. The van der Waals surface area contributed by atoms with Crippen molar-refractivity contribution in [1.82, 2.24) is 10.2 Å². The van der Waals surface area contributed by atoms with Gasteiger partial charge in [0.25, 0.3) is 5.91 Å². The number of ether oxygens (including phenoxy) is 3. The van der Waals surface area contributed by atoms with Gasteiger partial charge in [0.2, 0.25) is 12.7 Å². The van der Waals surface area contributed by atoms with E-state index in [4.69, 9.17) is 14.2 Å². The zero-order valence-corrected chi connectivity index (χ0v) is 16.3. The van der Waals surface area contributed by atoms with Crippen LogP contribution < -0.4 is 24.8 Å². The summed E-state index contributed by atoms with van der Waals surface area (Å²) in [7, 11) is 1.57. The summed E-state index contributed by atoms with van der Waals surface area (Å²) in [5.41, 5.74) is 1.38. The van der Waals surface area contributed by atoms with Crippen LogP contribution in [0, 0.1) is 0 Å². The van der Waals surface area contributed by atoms with Crippen molar-refractivity contribution in [3.63, 3.8) is 0 Å². The van der Waals surface area contributed by atoms with E-state index < -0.39 is 12.1 Å². The molecule has 2 aromatic carbocycles. The van der Waals surface area contributed by atoms with Crippen LogP contribution in [0.15, 0.2) is 42.5 Å². The van der Waals surface area contributed by atoms with E-state index in [-0.39, 0.29) is 38.0 Å². The highest BCUT2D eigenvalue weighted by molar-refractivity contribution is 6.04. The van der Waals surface area contributed by atoms with E-state index in [1.165, 1.54) is 0 Å². The fourth-order valence-corrected chi connectivity index (χ4v) is 3.32. The molecule has 0 unspecified atom stereocenters. The maximum atomic E-state index is 12.6. The van der Waals surface area contributed by atoms with Crippen molar-refractivity contribution in [2.45, 2.75) is 25.4 Å². The predicted octanol–water partition coefficient (Wildman–Crippen LogP) is 2.26. The van der Waals surface area contributed by atoms with Gasteiger partial charge < -0.3 is 24.8 Å². The van der Waals surface area contributed by atoms with Crippen molar-refractivity contribution in [3.05, 3.63) is 48.0 Å². The number of urea groups is 1. The topological polar surface area (TPSA) is 106 Å². The second-order valence-corrected chi connectivity index (χ2v) is 6.93. The monoisotopic (exact) mass is 411 g/mol. The highest BCUT2D eigenvalue weighted by atomic mass is 16.7. The lowest BCUT2D eigenvalue weighted by molar-refractivity contribution is -0.128. The molecule has 0 aliphatic carbocycles. The molecule has 0 aromatic heterocycles. The number of methoxy groups -OCH3 is 1. The predicted molar refractivity (Wildman–Crippen MR) is 106 cm³/mol. The van der Waals surface area contributed by atoms with E-state index in [0.717, 1.165) is 10.5 Å². The molecule has 156 valence electrons. The molecule has 9 nitrogen and oxygen atoms in total. The van der Waals surface area contributed by atoms with E-state index in [1.807, 2.05) is 0 Å². The quantitative estimate of drug-likeness (QED) is 0.677. The van der Waals surface area contributed by atoms with Crippen LogP contribution in [0.5, 0.6) is 17.2 Å². The Balaban J connectivity index is 1.30. The zero-order chi connectivity index (χ0) is 21.1. The number of benzene rings is 2. The maximum Gasteiger partial charge on any atom is 0.325 e. The molecule has 4 amide bonds. The van der Waals surface area contributed by atoms with Gasteiger partial charge >= 0.3 is 6.03 Å². The molecular weight excluding hydrogens is 390 g/mol. The lowest BCUT2D eigenvalue weighted by atomic mass is 10.1. The molecular formula is C21H21N3O6. The number of rotatable bonds is 7. The fourth-order valence-electron chi connectivity index (χ4n) is 3.32. The van der Waals surface area contributed by atoms with E-state index in [1.54, 1.807) is 49.6 Å². The van der Waals surface area contributed by atoms with Gasteiger partial charge in [-0.15, -0.1) is 0 Å². The number of nitrogens with one attached hydrogen (secondary N) is 2. The Labute approximate surface area is 172 Å². The van der Waals surface area contributed by atoms with Gasteiger partial charge in [0.1, 0.15) is 11.8 Å². The van der Waals surface area contributed by atoms with Crippen molar-refractivity contribution in [1.29, 1.82) is 0 Å². The number of hydrogen-bond donors (Lipinski definition) is 2. The SMILES string of the molecule is COc1ccc(NC(=O)CC[C@H]2NC(=O)N(Cc3ccc4c(c3)OCO4)C2=O)cc1. The molecule has 1 saturated heterocycles. The number of hydrogen-bond acceptors (Lipinski definition) is 6. The Kier molecular flexibility index (Phi) is 5.42. The number of nitrogens with zero attached hydrogens (tertiary/aromatic N) is 1. The molecule has 9 heteroatoms. The summed E-state index contributed by atoms with van der Waals surface area (Å²) in [4.78, 5) is 38.2. The maximum absolute atomic E-state index is 12.6. The summed E-state index contributed by atoms with van der Waals surface area (Å²) in [5, 5.41) is 5.41. The molecule has 0 radical (unpaired) electrons. The number of anilines is 1. The van der Waals surface area contributed by atoms with Crippen molar-refractivity contribution in [3.8, 4) is 17.2 Å². The molecule has 2 aliphatic rings. The van der Waals surface area contributed by atoms with Crippen LogP contribution in [-0.4, -0.2) is 42.7 Å². The largest absolute Gasteiger partial charge is 0.497 e. The van der Waals surface area contributed by atoms with Crippen LogP contribution in [0.25, 0.3) is 0 Å². The Hall–Kier alpha value is -3.75. The molecule has 2 aliphatic heterocycles. The number of amides is 4.